The predicted molar refractivity (Wildman–Crippen MR) is 31.2 cm³/mol. The SMILES string of the molecule is [O-][O+]=C[C@H](O)[C@H](O)[C@H](O)CO. The molecule has 11 heavy (non-hydrogen) atoms. The standard InChI is InChI=1S/C5H10O6/c6-1-3(7)5(9)4(8)2-11-10/h2-9H,1H2/t3-,4+,5-/m1/s1. The number of carbonyl (C=O) groups excluding carboxylic acids is 1. The molecule has 0 rings (SSSR count). The summed E-state index contributed by atoms with van der Waals surface area (Å²) in [5, 5.41) is 43.9. The molecule has 0 amide bonds. The number of hydrogen-bond donors (Lipinski definition) is 4. The van der Waals surface area contributed by atoms with Gasteiger partial charge in [0.05, 0.1) is 6.61 Å². The summed E-state index contributed by atoms with van der Waals surface area (Å²) in [5.74, 6) is 0. The zero-order valence-corrected chi connectivity index (χ0v) is 5.62. The minimum atomic E-state index is -1.62. The molecule has 0 radical (unpaired) electrons. The Morgan fingerprint density at radius 2 is 1.91 bits per heavy atom. The van der Waals surface area contributed by atoms with Crippen LogP contribution < -0.4 is 5.26 Å². The highest BCUT2D eigenvalue weighted by atomic mass is 17.1. The molecule has 0 unspecified atom stereocenters. The van der Waals surface area contributed by atoms with E-state index in [0.29, 0.717) is 6.29 Å². The molecule has 0 aliphatic heterocycles. The van der Waals surface area contributed by atoms with Crippen molar-refractivity contribution in [3.63, 3.8) is 0 Å². The first-order valence-electron chi connectivity index (χ1n) is 2.90. The second kappa shape index (κ2) is 5.03. The molecule has 66 valence electrons. The quantitative estimate of drug-likeness (QED) is 0.147. The normalized spacial score (nSPS) is 20.0. The summed E-state index contributed by atoms with van der Waals surface area (Å²) >= 11 is 0. The predicted octanol–water partition coefficient (Wildman–Crippen LogP) is -3.93. The summed E-state index contributed by atoms with van der Waals surface area (Å²) in [7, 11) is 0. The van der Waals surface area contributed by atoms with Gasteiger partial charge >= 0.3 is 6.29 Å². The summed E-state index contributed by atoms with van der Waals surface area (Å²) in [5.41, 5.74) is 0. The van der Waals surface area contributed by atoms with Crippen LogP contribution in [0.25, 0.3) is 0 Å². The average Bonchev–Trinajstić information content (AvgIpc) is 2.02. The molecule has 6 nitrogen and oxygen atoms in total. The Balaban J connectivity index is 3.90. The fourth-order valence-corrected chi connectivity index (χ4v) is 0.473. The van der Waals surface area contributed by atoms with Crippen LogP contribution in [0.4, 0.5) is 0 Å². The maximum atomic E-state index is 9.38. The second-order valence-electron chi connectivity index (χ2n) is 1.96. The van der Waals surface area contributed by atoms with Crippen LogP contribution in [-0.4, -0.2) is 51.6 Å². The third-order valence-corrected chi connectivity index (χ3v) is 1.13. The third kappa shape index (κ3) is 3.28. The van der Waals surface area contributed by atoms with E-state index in [0.717, 1.165) is 0 Å². The topological polar surface area (TPSA) is 115 Å². The lowest BCUT2D eigenvalue weighted by Crippen LogP contribution is -2.40. The Labute approximate surface area is 62.6 Å². The van der Waals surface area contributed by atoms with Crippen molar-refractivity contribution in [2.75, 3.05) is 6.61 Å². The molecule has 0 aliphatic carbocycles. The summed E-state index contributed by atoms with van der Waals surface area (Å²) in [6.45, 7) is -0.703. The second-order valence-corrected chi connectivity index (χ2v) is 1.96. The van der Waals surface area contributed by atoms with Crippen molar-refractivity contribution < 1.29 is 30.3 Å². The first kappa shape index (κ1) is 10.3. The van der Waals surface area contributed by atoms with Crippen LogP contribution in [0.5, 0.6) is 0 Å². The minimum absolute atomic E-state index is 0.406. The molecule has 0 heterocycles. The van der Waals surface area contributed by atoms with Crippen LogP contribution in [0.15, 0.2) is 0 Å². The Kier molecular flexibility index (Phi) is 4.71. The number of rotatable bonds is 4. The molecule has 0 aliphatic rings. The van der Waals surface area contributed by atoms with E-state index in [1.807, 2.05) is 0 Å². The Bertz CT molecular complexity index is 124. The van der Waals surface area contributed by atoms with Gasteiger partial charge in [-0.3, -0.25) is 0 Å². The Morgan fingerprint density at radius 3 is 2.27 bits per heavy atom. The van der Waals surface area contributed by atoms with Crippen LogP contribution in [0.2, 0.25) is 0 Å². The molecule has 0 saturated carbocycles. The number of aliphatic hydroxyl groups excluding tert-OH is 4. The van der Waals surface area contributed by atoms with E-state index in [2.05, 4.69) is 4.58 Å². The number of hydrogen-bond acceptors (Lipinski definition) is 5. The van der Waals surface area contributed by atoms with Crippen molar-refractivity contribution in [1.29, 1.82) is 0 Å². The Hall–Kier alpha value is -0.690. The molecule has 3 atom stereocenters. The van der Waals surface area contributed by atoms with Gasteiger partial charge < -0.3 is 25.7 Å². The van der Waals surface area contributed by atoms with Crippen molar-refractivity contribution in [3.8, 4) is 0 Å². The van der Waals surface area contributed by atoms with Crippen LogP contribution in [0.3, 0.4) is 0 Å². The Morgan fingerprint density at radius 1 is 1.36 bits per heavy atom. The lowest BCUT2D eigenvalue weighted by Gasteiger charge is -2.14. The molecule has 0 saturated heterocycles. The van der Waals surface area contributed by atoms with Gasteiger partial charge in [0, 0.05) is 0 Å². The highest BCUT2D eigenvalue weighted by Crippen LogP contribution is 1.96. The van der Waals surface area contributed by atoms with E-state index in [1.54, 1.807) is 0 Å². The van der Waals surface area contributed by atoms with E-state index >= 15 is 0 Å². The number of aldehydes is 1. The molecule has 6 heteroatoms. The fraction of sp³-hybridized carbons (Fsp3) is 0.800. The molecule has 0 bridgehead atoms. The van der Waals surface area contributed by atoms with E-state index in [4.69, 9.17) is 20.4 Å². The van der Waals surface area contributed by atoms with Gasteiger partial charge in [0.1, 0.15) is 12.2 Å². The van der Waals surface area contributed by atoms with Crippen molar-refractivity contribution in [2.24, 2.45) is 0 Å². The monoisotopic (exact) mass is 166 g/mol. The highest BCUT2D eigenvalue weighted by Gasteiger charge is 2.26. The zero-order chi connectivity index (χ0) is 8.85. The van der Waals surface area contributed by atoms with Gasteiger partial charge in [0.15, 0.2) is 6.10 Å². The molecule has 0 spiro atoms. The lowest BCUT2D eigenvalue weighted by molar-refractivity contribution is -1.04. The van der Waals surface area contributed by atoms with Crippen molar-refractivity contribution in [3.05, 3.63) is 0 Å². The van der Waals surface area contributed by atoms with Gasteiger partial charge in [-0.15, -0.1) is 0 Å². The molecular formula is C5H10O6. The third-order valence-electron chi connectivity index (χ3n) is 1.13. The molecule has 4 N–H and O–H groups in total. The summed E-state index contributed by atoms with van der Waals surface area (Å²) < 4.78 is 3.14. The summed E-state index contributed by atoms with van der Waals surface area (Å²) in [6, 6.07) is 0. The van der Waals surface area contributed by atoms with E-state index in [9.17, 15) is 5.26 Å². The van der Waals surface area contributed by atoms with E-state index in [1.165, 1.54) is 0 Å². The smallest absolute Gasteiger partial charge is 0.349 e. The van der Waals surface area contributed by atoms with E-state index < -0.39 is 24.9 Å². The van der Waals surface area contributed by atoms with Gasteiger partial charge in [0.2, 0.25) is 0 Å². The van der Waals surface area contributed by atoms with Crippen LogP contribution >= 0.6 is 0 Å². The summed E-state index contributed by atoms with van der Waals surface area (Å²) in [6.07, 6.45) is -4.30. The summed E-state index contributed by atoms with van der Waals surface area (Å²) in [4.78, 5) is 0. The first-order valence-corrected chi connectivity index (χ1v) is 2.90. The van der Waals surface area contributed by atoms with Gasteiger partial charge in [-0.25, -0.2) is 0 Å². The number of aliphatic hydroxyl groups is 4. The van der Waals surface area contributed by atoms with Crippen LogP contribution in [0.1, 0.15) is 0 Å². The van der Waals surface area contributed by atoms with Gasteiger partial charge in [-0.2, -0.15) is 4.58 Å². The van der Waals surface area contributed by atoms with Gasteiger partial charge in [-0.1, -0.05) is 0 Å². The highest BCUT2D eigenvalue weighted by molar-refractivity contribution is 5.56. The zero-order valence-electron chi connectivity index (χ0n) is 5.62. The molecule has 0 aromatic carbocycles. The molecule has 0 aromatic rings. The van der Waals surface area contributed by atoms with E-state index in [-0.39, 0.29) is 0 Å². The first-order chi connectivity index (χ1) is 5.13. The average molecular weight is 166 g/mol. The van der Waals surface area contributed by atoms with Crippen molar-refractivity contribution in [2.45, 2.75) is 18.3 Å². The van der Waals surface area contributed by atoms with Crippen LogP contribution in [-0.2, 0) is 4.58 Å². The molecular weight excluding hydrogens is 156 g/mol. The fourth-order valence-electron chi connectivity index (χ4n) is 0.473. The molecule has 0 fully saturated rings. The minimum Gasteiger partial charge on any atom is -0.463 e. The largest absolute Gasteiger partial charge is 0.463 e. The van der Waals surface area contributed by atoms with Gasteiger partial charge in [0.25, 0.3) is 0 Å². The van der Waals surface area contributed by atoms with Gasteiger partial charge in [-0.05, 0) is 0 Å². The molecule has 0 aromatic heterocycles. The van der Waals surface area contributed by atoms with Crippen molar-refractivity contribution in [1.82, 2.24) is 0 Å². The van der Waals surface area contributed by atoms with Crippen LogP contribution in [0, 0.1) is 0 Å². The maximum absolute atomic E-state index is 9.38. The maximum Gasteiger partial charge on any atom is 0.349 e. The lowest BCUT2D eigenvalue weighted by atomic mass is 10.1. The van der Waals surface area contributed by atoms with Crippen molar-refractivity contribution >= 4 is 6.29 Å².